The lowest BCUT2D eigenvalue weighted by Gasteiger charge is -2.17. The normalized spacial score (nSPS) is 10.4. The molecule has 0 bridgehead atoms. The minimum absolute atomic E-state index is 0. The molecule has 0 unspecified atom stereocenters. The minimum Gasteiger partial charge on any atom is -0.399 e. The molecule has 0 atom stereocenters. The molecule has 0 fully saturated rings. The Bertz CT molecular complexity index is 877. The van der Waals surface area contributed by atoms with Crippen molar-refractivity contribution in [1.82, 2.24) is 15.1 Å². The number of carbonyl (C=O) groups excluding carboxylic acids is 1. The molecule has 3 rings (SSSR count). The number of nitrogens with one attached hydrogen (secondary N) is 1. The molecule has 1 aromatic heterocycles. The number of amides is 1. The van der Waals surface area contributed by atoms with E-state index in [-0.39, 0.29) is 18.3 Å². The minimum atomic E-state index is 0. The number of anilines is 1. The number of nitrogens with zero attached hydrogens (tertiary/aromatic N) is 2. The summed E-state index contributed by atoms with van der Waals surface area (Å²) in [5.74, 6) is 0.144. The fraction of sp³-hybridized carbons (Fsp3) is 0.304. The summed E-state index contributed by atoms with van der Waals surface area (Å²) in [5.41, 5.74) is 10.7. The van der Waals surface area contributed by atoms with Crippen LogP contribution in [0.5, 0.6) is 0 Å². The first-order valence-electron chi connectivity index (χ1n) is 9.80. The molecule has 1 amide bonds. The summed E-state index contributed by atoms with van der Waals surface area (Å²) in [7, 11) is 1.88. The average molecular weight is 413 g/mol. The van der Waals surface area contributed by atoms with Crippen molar-refractivity contribution >= 4 is 24.0 Å². The molecule has 154 valence electrons. The lowest BCUT2D eigenvalue weighted by Crippen LogP contribution is -2.29. The number of benzene rings is 2. The predicted molar refractivity (Wildman–Crippen MR) is 121 cm³/mol. The first-order chi connectivity index (χ1) is 13.6. The number of halogens is 1. The van der Waals surface area contributed by atoms with Crippen molar-refractivity contribution in [2.45, 2.75) is 32.1 Å². The van der Waals surface area contributed by atoms with Crippen LogP contribution in [-0.2, 0) is 17.6 Å². The van der Waals surface area contributed by atoms with E-state index in [0.29, 0.717) is 6.42 Å². The van der Waals surface area contributed by atoms with Gasteiger partial charge in [0.1, 0.15) is 0 Å². The highest BCUT2D eigenvalue weighted by Gasteiger charge is 2.09. The quantitative estimate of drug-likeness (QED) is 0.401. The largest absolute Gasteiger partial charge is 0.399 e. The summed E-state index contributed by atoms with van der Waals surface area (Å²) in [6.07, 6.45) is 4.56. The van der Waals surface area contributed by atoms with E-state index in [4.69, 9.17) is 5.73 Å². The Labute approximate surface area is 178 Å². The molecule has 1 heterocycles. The molecule has 3 N–H and O–H groups in total. The molecule has 0 aliphatic rings. The molecule has 0 saturated heterocycles. The highest BCUT2D eigenvalue weighted by atomic mass is 35.5. The Morgan fingerprint density at radius 2 is 1.76 bits per heavy atom. The number of hydrogen-bond acceptors (Lipinski definition) is 3. The van der Waals surface area contributed by atoms with Gasteiger partial charge in [0.15, 0.2) is 0 Å². The van der Waals surface area contributed by atoms with Gasteiger partial charge in [0.05, 0.1) is 12.1 Å². The van der Waals surface area contributed by atoms with Crippen molar-refractivity contribution in [1.29, 1.82) is 0 Å². The summed E-state index contributed by atoms with van der Waals surface area (Å²) in [4.78, 5) is 14.1. The van der Waals surface area contributed by atoms with Crippen molar-refractivity contribution in [3.63, 3.8) is 0 Å². The van der Waals surface area contributed by atoms with Crippen LogP contribution in [0.15, 0.2) is 60.7 Å². The van der Waals surface area contributed by atoms with Crippen LogP contribution < -0.4 is 5.73 Å². The van der Waals surface area contributed by atoms with Crippen molar-refractivity contribution in [3.8, 4) is 11.3 Å². The number of likely N-dealkylation sites (N-methyl/N-ethyl adjacent to an activating group) is 1. The number of aromatic nitrogens is 2. The van der Waals surface area contributed by atoms with E-state index in [1.54, 1.807) is 0 Å². The van der Waals surface area contributed by atoms with E-state index in [1.807, 2.05) is 54.4 Å². The Morgan fingerprint density at radius 3 is 2.48 bits per heavy atom. The van der Waals surface area contributed by atoms with E-state index in [1.165, 1.54) is 0 Å². The SMILES string of the molecule is CN(CCCCCc1cc(-c2ccccc2)n[nH]1)C(=O)Cc1ccc(N)cc1.Cl. The number of carbonyl (C=O) groups is 1. The molecule has 0 aliphatic heterocycles. The lowest BCUT2D eigenvalue weighted by molar-refractivity contribution is -0.129. The number of hydrogen-bond donors (Lipinski definition) is 2. The summed E-state index contributed by atoms with van der Waals surface area (Å²) in [6, 6.07) is 19.8. The van der Waals surface area contributed by atoms with Gasteiger partial charge in [-0.05, 0) is 43.0 Å². The Morgan fingerprint density at radius 1 is 1.03 bits per heavy atom. The number of aryl methyl sites for hydroxylation is 1. The number of rotatable bonds is 9. The number of H-pyrrole nitrogens is 1. The van der Waals surface area contributed by atoms with Gasteiger partial charge in [0.25, 0.3) is 0 Å². The Kier molecular flexibility index (Phi) is 8.74. The van der Waals surface area contributed by atoms with E-state index in [0.717, 1.165) is 60.4 Å². The molecule has 5 nitrogen and oxygen atoms in total. The third-order valence-corrected chi connectivity index (χ3v) is 4.90. The molecule has 0 radical (unpaired) electrons. The van der Waals surface area contributed by atoms with Gasteiger partial charge in [-0.2, -0.15) is 5.10 Å². The number of nitrogens with two attached hydrogens (primary N) is 1. The molecular formula is C23H29ClN4O. The van der Waals surface area contributed by atoms with Crippen LogP contribution in [0.25, 0.3) is 11.3 Å². The van der Waals surface area contributed by atoms with Crippen LogP contribution in [0.2, 0.25) is 0 Å². The van der Waals surface area contributed by atoms with Crippen molar-refractivity contribution in [2.75, 3.05) is 19.3 Å². The standard InChI is InChI=1S/C23H28N4O.ClH/c1-27(23(28)16-18-11-13-20(24)14-12-18)15-7-3-6-10-21-17-22(26-25-21)19-8-4-2-5-9-19;/h2,4-5,8-9,11-14,17H,3,6-7,10,15-16,24H2,1H3,(H,25,26);1H. The van der Waals surface area contributed by atoms with Gasteiger partial charge in [-0.1, -0.05) is 48.9 Å². The zero-order chi connectivity index (χ0) is 19.8. The van der Waals surface area contributed by atoms with Crippen LogP contribution in [-0.4, -0.2) is 34.6 Å². The van der Waals surface area contributed by atoms with Gasteiger partial charge >= 0.3 is 0 Å². The first kappa shape index (κ1) is 22.5. The van der Waals surface area contributed by atoms with Crippen LogP contribution in [0.1, 0.15) is 30.5 Å². The second-order valence-corrected chi connectivity index (χ2v) is 7.19. The van der Waals surface area contributed by atoms with Gasteiger partial charge in [-0.25, -0.2) is 0 Å². The maximum absolute atomic E-state index is 12.3. The maximum atomic E-state index is 12.3. The van der Waals surface area contributed by atoms with Gasteiger partial charge in [0.2, 0.25) is 5.91 Å². The summed E-state index contributed by atoms with van der Waals surface area (Å²) < 4.78 is 0. The van der Waals surface area contributed by atoms with E-state index in [2.05, 4.69) is 28.4 Å². The van der Waals surface area contributed by atoms with Crippen LogP contribution in [0, 0.1) is 0 Å². The highest BCUT2D eigenvalue weighted by molar-refractivity contribution is 5.85. The molecule has 0 spiro atoms. The second kappa shape index (κ2) is 11.3. The zero-order valence-corrected chi connectivity index (χ0v) is 17.6. The molecular weight excluding hydrogens is 384 g/mol. The predicted octanol–water partition coefficient (Wildman–Crippen LogP) is 4.49. The molecule has 29 heavy (non-hydrogen) atoms. The molecule has 6 heteroatoms. The summed E-state index contributed by atoms with van der Waals surface area (Å²) >= 11 is 0. The second-order valence-electron chi connectivity index (χ2n) is 7.19. The number of aromatic amines is 1. The lowest BCUT2D eigenvalue weighted by atomic mass is 10.1. The van der Waals surface area contributed by atoms with E-state index in [9.17, 15) is 4.79 Å². The van der Waals surface area contributed by atoms with Gasteiger partial charge < -0.3 is 10.6 Å². The topological polar surface area (TPSA) is 75.0 Å². The molecule has 3 aromatic rings. The van der Waals surface area contributed by atoms with E-state index < -0.39 is 0 Å². The summed E-state index contributed by atoms with van der Waals surface area (Å²) in [5, 5.41) is 7.53. The molecule has 0 saturated carbocycles. The first-order valence-corrected chi connectivity index (χ1v) is 9.80. The van der Waals surface area contributed by atoms with Crippen LogP contribution in [0.4, 0.5) is 5.69 Å². The van der Waals surface area contributed by atoms with Crippen LogP contribution >= 0.6 is 12.4 Å². The van der Waals surface area contributed by atoms with Gasteiger partial charge in [-0.3, -0.25) is 9.89 Å². The van der Waals surface area contributed by atoms with Gasteiger partial charge in [0, 0.05) is 30.5 Å². The Hall–Kier alpha value is -2.79. The van der Waals surface area contributed by atoms with Crippen molar-refractivity contribution in [3.05, 3.63) is 71.9 Å². The molecule has 0 aliphatic carbocycles. The summed E-state index contributed by atoms with van der Waals surface area (Å²) in [6.45, 7) is 0.784. The monoisotopic (exact) mass is 412 g/mol. The van der Waals surface area contributed by atoms with Crippen molar-refractivity contribution in [2.24, 2.45) is 0 Å². The maximum Gasteiger partial charge on any atom is 0.226 e. The average Bonchev–Trinajstić information content (AvgIpc) is 3.19. The van der Waals surface area contributed by atoms with E-state index >= 15 is 0 Å². The highest BCUT2D eigenvalue weighted by Crippen LogP contribution is 2.18. The third-order valence-electron chi connectivity index (χ3n) is 4.90. The fourth-order valence-electron chi connectivity index (χ4n) is 3.16. The smallest absolute Gasteiger partial charge is 0.226 e. The van der Waals surface area contributed by atoms with Crippen LogP contribution in [0.3, 0.4) is 0 Å². The Balaban J connectivity index is 0.00000300. The molecule has 2 aromatic carbocycles. The van der Waals surface area contributed by atoms with Crippen molar-refractivity contribution < 1.29 is 4.79 Å². The fourth-order valence-corrected chi connectivity index (χ4v) is 3.16. The number of unbranched alkanes of at least 4 members (excludes halogenated alkanes) is 2. The zero-order valence-electron chi connectivity index (χ0n) is 16.8. The number of nitrogen functional groups attached to an aromatic ring is 1. The van der Waals surface area contributed by atoms with Gasteiger partial charge in [-0.15, -0.1) is 12.4 Å². The third kappa shape index (κ3) is 6.95.